The summed E-state index contributed by atoms with van der Waals surface area (Å²) in [5.74, 6) is -0.652. The molecular formula is C10H6ClFN2O2. The fourth-order valence-electron chi connectivity index (χ4n) is 1.08. The highest BCUT2D eigenvalue weighted by molar-refractivity contribution is 6.29. The van der Waals surface area contributed by atoms with E-state index in [4.69, 9.17) is 11.6 Å². The number of aromatic nitrogens is 1. The van der Waals surface area contributed by atoms with E-state index in [1.807, 2.05) is 0 Å². The molecular weight excluding hydrogens is 235 g/mol. The molecule has 0 fully saturated rings. The molecule has 0 aliphatic heterocycles. The Morgan fingerprint density at radius 1 is 1.38 bits per heavy atom. The molecule has 0 bridgehead atoms. The Labute approximate surface area is 95.0 Å². The first kappa shape index (κ1) is 10.6. The minimum absolute atomic E-state index is 0.104. The van der Waals surface area contributed by atoms with Crippen LogP contribution in [0.15, 0.2) is 34.9 Å². The summed E-state index contributed by atoms with van der Waals surface area (Å²) in [6, 6.07) is 4.61. The summed E-state index contributed by atoms with van der Waals surface area (Å²) < 4.78 is 17.0. The van der Waals surface area contributed by atoms with Gasteiger partial charge in [0, 0.05) is 6.07 Å². The molecule has 0 unspecified atom stereocenters. The van der Waals surface area contributed by atoms with Gasteiger partial charge in [-0.15, -0.1) is 0 Å². The lowest BCUT2D eigenvalue weighted by molar-refractivity contribution is 0.0988. The number of hydrogen-bond acceptors (Lipinski definition) is 3. The van der Waals surface area contributed by atoms with Crippen molar-refractivity contribution in [3.63, 3.8) is 0 Å². The smallest absolute Gasteiger partial charge is 0.291 e. The average Bonchev–Trinajstić information content (AvgIpc) is 2.68. The second-order valence-electron chi connectivity index (χ2n) is 2.93. The largest absolute Gasteiger partial charge is 0.426 e. The Balaban J connectivity index is 2.10. The van der Waals surface area contributed by atoms with Crippen molar-refractivity contribution in [2.75, 3.05) is 5.32 Å². The molecule has 0 aromatic carbocycles. The van der Waals surface area contributed by atoms with E-state index in [-0.39, 0.29) is 5.76 Å². The number of nitrogens with zero attached hydrogens (tertiary/aromatic N) is 1. The summed E-state index contributed by atoms with van der Waals surface area (Å²) in [5, 5.41) is 2.80. The molecule has 2 aromatic heterocycles. The molecule has 0 aliphatic carbocycles. The van der Waals surface area contributed by atoms with E-state index in [2.05, 4.69) is 14.7 Å². The van der Waals surface area contributed by atoms with E-state index in [9.17, 15) is 9.18 Å². The van der Waals surface area contributed by atoms with Gasteiger partial charge < -0.3 is 9.73 Å². The quantitative estimate of drug-likeness (QED) is 0.821. The molecule has 82 valence electrons. The van der Waals surface area contributed by atoms with Crippen LogP contribution in [-0.2, 0) is 0 Å². The standard InChI is InChI=1S/C10H6ClFN2O2/c11-8-3-1-6(5-13-8)14-10(15)7-2-4-9(12)16-7/h1-5H,(H,14,15). The summed E-state index contributed by atoms with van der Waals surface area (Å²) in [7, 11) is 0. The van der Waals surface area contributed by atoms with Crippen LogP contribution >= 0.6 is 11.6 Å². The molecule has 16 heavy (non-hydrogen) atoms. The molecule has 0 spiro atoms. The first-order valence-electron chi connectivity index (χ1n) is 4.33. The maximum absolute atomic E-state index is 12.5. The number of amides is 1. The molecule has 6 heteroatoms. The number of carbonyl (C=O) groups excluding carboxylic acids is 1. The van der Waals surface area contributed by atoms with Gasteiger partial charge in [0.2, 0.25) is 0 Å². The number of rotatable bonds is 2. The number of pyridine rings is 1. The van der Waals surface area contributed by atoms with Gasteiger partial charge in [-0.2, -0.15) is 4.39 Å². The lowest BCUT2D eigenvalue weighted by Gasteiger charge is -2.01. The van der Waals surface area contributed by atoms with E-state index in [1.54, 1.807) is 6.07 Å². The Hall–Kier alpha value is -1.88. The summed E-state index contributed by atoms with van der Waals surface area (Å²) in [6.07, 6.45) is 1.39. The van der Waals surface area contributed by atoms with Crippen LogP contribution in [-0.4, -0.2) is 10.9 Å². The zero-order valence-corrected chi connectivity index (χ0v) is 8.66. The highest BCUT2D eigenvalue weighted by Gasteiger charge is 2.11. The van der Waals surface area contributed by atoms with Crippen molar-refractivity contribution >= 4 is 23.2 Å². The van der Waals surface area contributed by atoms with Crippen LogP contribution in [0.4, 0.5) is 10.1 Å². The normalized spacial score (nSPS) is 10.1. The van der Waals surface area contributed by atoms with Gasteiger partial charge >= 0.3 is 0 Å². The van der Waals surface area contributed by atoms with E-state index >= 15 is 0 Å². The average molecular weight is 241 g/mol. The van der Waals surface area contributed by atoms with Gasteiger partial charge in [-0.3, -0.25) is 4.79 Å². The molecule has 0 saturated carbocycles. The van der Waals surface area contributed by atoms with E-state index < -0.39 is 11.9 Å². The zero-order valence-electron chi connectivity index (χ0n) is 7.91. The fraction of sp³-hybridized carbons (Fsp3) is 0. The molecule has 0 radical (unpaired) electrons. The maximum atomic E-state index is 12.5. The molecule has 0 saturated heterocycles. The summed E-state index contributed by atoms with van der Waals surface area (Å²) in [6.45, 7) is 0. The summed E-state index contributed by atoms with van der Waals surface area (Å²) in [4.78, 5) is 15.3. The predicted molar refractivity (Wildman–Crippen MR) is 55.9 cm³/mol. The minimum atomic E-state index is -0.806. The molecule has 2 aromatic rings. The second-order valence-corrected chi connectivity index (χ2v) is 3.31. The van der Waals surface area contributed by atoms with Crippen molar-refractivity contribution in [2.45, 2.75) is 0 Å². The van der Waals surface area contributed by atoms with Gasteiger partial charge in [0.05, 0.1) is 11.9 Å². The maximum Gasteiger partial charge on any atom is 0.291 e. The van der Waals surface area contributed by atoms with Gasteiger partial charge in [-0.05, 0) is 18.2 Å². The third kappa shape index (κ3) is 2.38. The Bertz CT molecular complexity index is 510. The first-order chi connectivity index (χ1) is 7.65. The van der Waals surface area contributed by atoms with Crippen molar-refractivity contribution in [1.82, 2.24) is 4.98 Å². The minimum Gasteiger partial charge on any atom is -0.426 e. The van der Waals surface area contributed by atoms with Crippen molar-refractivity contribution < 1.29 is 13.6 Å². The highest BCUT2D eigenvalue weighted by atomic mass is 35.5. The van der Waals surface area contributed by atoms with E-state index in [0.29, 0.717) is 10.8 Å². The van der Waals surface area contributed by atoms with Crippen LogP contribution in [0.5, 0.6) is 0 Å². The summed E-state index contributed by atoms with van der Waals surface area (Å²) in [5.41, 5.74) is 0.450. The van der Waals surface area contributed by atoms with Crippen molar-refractivity contribution in [3.05, 3.63) is 47.4 Å². The fourth-order valence-corrected chi connectivity index (χ4v) is 1.19. The van der Waals surface area contributed by atoms with Gasteiger partial charge in [-0.25, -0.2) is 4.98 Å². The van der Waals surface area contributed by atoms with E-state index in [1.165, 1.54) is 18.3 Å². The topological polar surface area (TPSA) is 55.1 Å². The first-order valence-corrected chi connectivity index (χ1v) is 4.71. The van der Waals surface area contributed by atoms with Crippen LogP contribution in [0.3, 0.4) is 0 Å². The lowest BCUT2D eigenvalue weighted by atomic mass is 10.4. The van der Waals surface area contributed by atoms with Crippen LogP contribution in [0.25, 0.3) is 0 Å². The number of hydrogen-bond donors (Lipinski definition) is 1. The lowest BCUT2D eigenvalue weighted by Crippen LogP contribution is -2.10. The number of furan rings is 1. The van der Waals surface area contributed by atoms with Crippen LogP contribution in [0.2, 0.25) is 5.15 Å². The second kappa shape index (κ2) is 4.32. The van der Waals surface area contributed by atoms with Gasteiger partial charge in [0.25, 0.3) is 11.9 Å². The third-order valence-corrected chi connectivity index (χ3v) is 2.01. The molecule has 2 heterocycles. The Morgan fingerprint density at radius 3 is 2.75 bits per heavy atom. The highest BCUT2D eigenvalue weighted by Crippen LogP contribution is 2.12. The SMILES string of the molecule is O=C(Nc1ccc(Cl)nc1)c1ccc(F)o1. The number of nitrogens with one attached hydrogen (secondary N) is 1. The van der Waals surface area contributed by atoms with Crippen molar-refractivity contribution in [1.29, 1.82) is 0 Å². The van der Waals surface area contributed by atoms with Crippen molar-refractivity contribution in [2.24, 2.45) is 0 Å². The van der Waals surface area contributed by atoms with Crippen LogP contribution < -0.4 is 5.32 Å². The van der Waals surface area contributed by atoms with Crippen LogP contribution in [0, 0.1) is 6.01 Å². The van der Waals surface area contributed by atoms with Gasteiger partial charge in [0.15, 0.2) is 5.76 Å². The predicted octanol–water partition coefficient (Wildman–Crippen LogP) is 2.72. The molecule has 0 aliphatic rings. The molecule has 2 rings (SSSR count). The van der Waals surface area contributed by atoms with Gasteiger partial charge in [0.1, 0.15) is 5.15 Å². The van der Waals surface area contributed by atoms with Gasteiger partial charge in [-0.1, -0.05) is 11.6 Å². The monoisotopic (exact) mass is 240 g/mol. The van der Waals surface area contributed by atoms with Crippen LogP contribution in [0.1, 0.15) is 10.6 Å². The number of halogens is 2. The molecule has 1 amide bonds. The third-order valence-electron chi connectivity index (χ3n) is 1.78. The number of anilines is 1. The Morgan fingerprint density at radius 2 is 2.19 bits per heavy atom. The molecule has 1 N–H and O–H groups in total. The summed E-state index contributed by atoms with van der Waals surface area (Å²) >= 11 is 5.58. The molecule has 4 nitrogen and oxygen atoms in total. The van der Waals surface area contributed by atoms with Crippen molar-refractivity contribution in [3.8, 4) is 0 Å². The Kier molecular flexibility index (Phi) is 2.87. The number of carbonyl (C=O) groups is 1. The molecule has 0 atom stereocenters. The van der Waals surface area contributed by atoms with E-state index in [0.717, 1.165) is 6.07 Å². The zero-order chi connectivity index (χ0) is 11.5.